The van der Waals surface area contributed by atoms with Crippen molar-refractivity contribution >= 4 is 15.9 Å². The van der Waals surface area contributed by atoms with Crippen LogP contribution in [-0.2, 0) is 21.2 Å². The second-order valence-electron chi connectivity index (χ2n) is 5.90. The Kier molecular flexibility index (Phi) is 5.70. The number of sulfonamides is 1. The largest absolute Gasteiger partial charge is 0.379 e. The number of H-pyrrole nitrogens is 1. The summed E-state index contributed by atoms with van der Waals surface area (Å²) < 4.78 is 44.7. The second-order valence-corrected chi connectivity index (χ2v) is 7.84. The summed E-state index contributed by atoms with van der Waals surface area (Å²) in [6.45, 7) is 1.62. The van der Waals surface area contributed by atoms with Crippen LogP contribution in [0.3, 0.4) is 0 Å². The molecule has 2 N–H and O–H groups in total. The number of hydrogen-bond donors (Lipinski definition) is 2. The predicted molar refractivity (Wildman–Crippen MR) is 92.8 cm³/mol. The zero-order valence-electron chi connectivity index (χ0n) is 14.1. The highest BCUT2D eigenvalue weighted by Gasteiger charge is 2.27. The molecule has 1 aromatic carbocycles. The lowest BCUT2D eigenvalue weighted by Crippen LogP contribution is -2.40. The van der Waals surface area contributed by atoms with Gasteiger partial charge >= 0.3 is 0 Å². The molecule has 3 rings (SSSR count). The Morgan fingerprint density at radius 1 is 1.27 bits per heavy atom. The lowest BCUT2D eigenvalue weighted by atomic mass is 10.1. The minimum absolute atomic E-state index is 0.0506. The van der Waals surface area contributed by atoms with Gasteiger partial charge in [-0.2, -0.15) is 4.31 Å². The monoisotopic (exact) mass is 381 g/mol. The second kappa shape index (κ2) is 7.98. The molecule has 0 unspecified atom stereocenters. The quantitative estimate of drug-likeness (QED) is 0.785. The Balaban J connectivity index is 1.59. The Labute approximate surface area is 151 Å². The summed E-state index contributed by atoms with van der Waals surface area (Å²) in [5.41, 5.74) is 0.934. The summed E-state index contributed by atoms with van der Waals surface area (Å²) >= 11 is 0. The molecule has 1 fully saturated rings. The maximum Gasteiger partial charge on any atom is 0.267 e. The van der Waals surface area contributed by atoms with Crippen LogP contribution in [0.25, 0.3) is 0 Å². The predicted octanol–water partition coefficient (Wildman–Crippen LogP) is 1.15. The molecule has 0 radical (unpaired) electrons. The molecule has 9 heteroatoms. The minimum atomic E-state index is -3.64. The van der Waals surface area contributed by atoms with Crippen molar-refractivity contribution in [3.05, 3.63) is 53.6 Å². The standard InChI is InChI=1S/C17H20FN3O4S/c18-14-3-1-2-13(10-14)4-5-19-17(22)16-11-15(12-20-16)26(23,24)21-6-8-25-9-7-21/h1-3,10-12,20H,4-9H2,(H,19,22). The number of halogens is 1. The third-order valence-corrected chi connectivity index (χ3v) is 5.97. The van der Waals surface area contributed by atoms with Crippen LogP contribution >= 0.6 is 0 Å². The minimum Gasteiger partial charge on any atom is -0.379 e. The molecule has 1 aromatic heterocycles. The SMILES string of the molecule is O=C(NCCc1cccc(F)c1)c1cc(S(=O)(=O)N2CCOCC2)c[nH]1. The summed E-state index contributed by atoms with van der Waals surface area (Å²) in [5, 5.41) is 2.69. The van der Waals surface area contributed by atoms with Crippen LogP contribution in [-0.4, -0.2) is 56.5 Å². The van der Waals surface area contributed by atoms with Crippen molar-refractivity contribution in [3.8, 4) is 0 Å². The van der Waals surface area contributed by atoms with E-state index in [1.807, 2.05) is 0 Å². The van der Waals surface area contributed by atoms with E-state index in [4.69, 9.17) is 4.74 Å². The smallest absolute Gasteiger partial charge is 0.267 e. The average molecular weight is 381 g/mol. The topological polar surface area (TPSA) is 91.5 Å². The van der Waals surface area contributed by atoms with E-state index in [1.54, 1.807) is 12.1 Å². The lowest BCUT2D eigenvalue weighted by molar-refractivity contribution is 0.0730. The van der Waals surface area contributed by atoms with E-state index in [1.165, 1.54) is 28.7 Å². The molecule has 26 heavy (non-hydrogen) atoms. The van der Waals surface area contributed by atoms with E-state index < -0.39 is 15.9 Å². The number of carbonyl (C=O) groups excluding carboxylic acids is 1. The fourth-order valence-corrected chi connectivity index (χ4v) is 4.10. The lowest BCUT2D eigenvalue weighted by Gasteiger charge is -2.25. The van der Waals surface area contributed by atoms with E-state index in [9.17, 15) is 17.6 Å². The molecule has 1 saturated heterocycles. The maximum atomic E-state index is 13.1. The molecule has 1 aliphatic heterocycles. The number of carbonyl (C=O) groups is 1. The van der Waals surface area contributed by atoms with Gasteiger partial charge in [-0.25, -0.2) is 12.8 Å². The highest BCUT2D eigenvalue weighted by Crippen LogP contribution is 2.18. The number of ether oxygens (including phenoxy) is 1. The van der Waals surface area contributed by atoms with Crippen molar-refractivity contribution in [1.82, 2.24) is 14.6 Å². The molecule has 140 valence electrons. The molecule has 0 atom stereocenters. The first-order chi connectivity index (χ1) is 12.5. The van der Waals surface area contributed by atoms with Gasteiger partial charge < -0.3 is 15.0 Å². The van der Waals surface area contributed by atoms with E-state index >= 15 is 0 Å². The van der Waals surface area contributed by atoms with Crippen molar-refractivity contribution in [2.45, 2.75) is 11.3 Å². The third-order valence-electron chi connectivity index (χ3n) is 4.10. The highest BCUT2D eigenvalue weighted by atomic mass is 32.2. The molecular formula is C17H20FN3O4S. The number of aromatic nitrogens is 1. The Hall–Kier alpha value is -2.23. The number of hydrogen-bond acceptors (Lipinski definition) is 4. The van der Waals surface area contributed by atoms with Gasteiger partial charge in [-0.1, -0.05) is 12.1 Å². The molecular weight excluding hydrogens is 361 g/mol. The number of amides is 1. The van der Waals surface area contributed by atoms with Crippen LogP contribution in [0.5, 0.6) is 0 Å². The summed E-state index contributed by atoms with van der Waals surface area (Å²) in [6.07, 6.45) is 1.79. The fourth-order valence-electron chi connectivity index (χ4n) is 2.70. The molecule has 0 spiro atoms. The summed E-state index contributed by atoms with van der Waals surface area (Å²) in [5.74, 6) is -0.735. The summed E-state index contributed by atoms with van der Waals surface area (Å²) in [6, 6.07) is 7.48. The normalized spacial score (nSPS) is 15.7. The van der Waals surface area contributed by atoms with Crippen LogP contribution in [0.1, 0.15) is 16.1 Å². The van der Waals surface area contributed by atoms with Gasteiger partial charge in [0, 0.05) is 25.8 Å². The highest BCUT2D eigenvalue weighted by molar-refractivity contribution is 7.89. The van der Waals surface area contributed by atoms with Crippen LogP contribution in [0.2, 0.25) is 0 Å². The molecule has 0 saturated carbocycles. The van der Waals surface area contributed by atoms with E-state index in [-0.39, 0.29) is 16.4 Å². The molecule has 2 aromatic rings. The number of nitrogens with one attached hydrogen (secondary N) is 2. The van der Waals surface area contributed by atoms with Crippen LogP contribution in [0.4, 0.5) is 4.39 Å². The van der Waals surface area contributed by atoms with Crippen molar-refractivity contribution in [2.24, 2.45) is 0 Å². The van der Waals surface area contributed by atoms with Gasteiger partial charge in [-0.15, -0.1) is 0 Å². The van der Waals surface area contributed by atoms with Crippen molar-refractivity contribution < 1.29 is 22.3 Å². The third kappa shape index (κ3) is 4.29. The van der Waals surface area contributed by atoms with Gasteiger partial charge in [-0.3, -0.25) is 4.79 Å². The average Bonchev–Trinajstić information content (AvgIpc) is 3.13. The van der Waals surface area contributed by atoms with Crippen LogP contribution in [0.15, 0.2) is 41.4 Å². The Morgan fingerprint density at radius 2 is 2.04 bits per heavy atom. The van der Waals surface area contributed by atoms with Crippen LogP contribution in [0, 0.1) is 5.82 Å². The van der Waals surface area contributed by atoms with Crippen molar-refractivity contribution in [3.63, 3.8) is 0 Å². The number of nitrogens with zero attached hydrogens (tertiary/aromatic N) is 1. The number of rotatable bonds is 6. The van der Waals surface area contributed by atoms with E-state index in [2.05, 4.69) is 10.3 Å². The van der Waals surface area contributed by atoms with Gasteiger partial charge in [0.25, 0.3) is 5.91 Å². The van der Waals surface area contributed by atoms with Gasteiger partial charge in [-0.05, 0) is 30.2 Å². The number of aromatic amines is 1. The number of benzene rings is 1. The zero-order valence-corrected chi connectivity index (χ0v) is 14.9. The fraction of sp³-hybridized carbons (Fsp3) is 0.353. The first kappa shape index (κ1) is 18.6. The van der Waals surface area contributed by atoms with Crippen molar-refractivity contribution in [2.75, 3.05) is 32.8 Å². The molecule has 2 heterocycles. The maximum absolute atomic E-state index is 13.1. The molecule has 7 nitrogen and oxygen atoms in total. The van der Waals surface area contributed by atoms with Crippen molar-refractivity contribution in [1.29, 1.82) is 0 Å². The van der Waals surface area contributed by atoms with Gasteiger partial charge in [0.2, 0.25) is 10.0 Å². The first-order valence-corrected chi connectivity index (χ1v) is 9.70. The first-order valence-electron chi connectivity index (χ1n) is 8.26. The van der Waals surface area contributed by atoms with Crippen LogP contribution < -0.4 is 5.32 Å². The van der Waals surface area contributed by atoms with E-state index in [0.29, 0.717) is 39.3 Å². The molecule has 1 aliphatic rings. The molecule has 0 aliphatic carbocycles. The van der Waals surface area contributed by atoms with Gasteiger partial charge in [0.1, 0.15) is 16.4 Å². The summed E-state index contributed by atoms with van der Waals surface area (Å²) in [7, 11) is -3.64. The zero-order chi connectivity index (χ0) is 18.6. The number of morpholine rings is 1. The Bertz CT molecular complexity index is 876. The Morgan fingerprint density at radius 3 is 2.77 bits per heavy atom. The van der Waals surface area contributed by atoms with Gasteiger partial charge in [0.05, 0.1) is 13.2 Å². The summed E-state index contributed by atoms with van der Waals surface area (Å²) in [4.78, 5) is 14.9. The van der Waals surface area contributed by atoms with E-state index in [0.717, 1.165) is 5.56 Å². The molecule has 1 amide bonds. The van der Waals surface area contributed by atoms with Gasteiger partial charge in [0.15, 0.2) is 0 Å². The molecule has 0 bridgehead atoms.